The minimum Gasteiger partial charge on any atom is -0.497 e. The molecule has 0 radical (unpaired) electrons. The van der Waals surface area contributed by atoms with Gasteiger partial charge in [0.25, 0.3) is 0 Å². The number of aliphatic imine (C=N–C) groups is 1. The molecule has 8 nitrogen and oxygen atoms in total. The molecule has 2 aliphatic heterocycles. The Morgan fingerprint density at radius 3 is 2.56 bits per heavy atom. The van der Waals surface area contributed by atoms with Crippen LogP contribution in [-0.4, -0.2) is 66.5 Å². The number of likely N-dealkylation sites (tertiary alicyclic amines) is 1. The number of ether oxygens (including phenoxy) is 2. The van der Waals surface area contributed by atoms with E-state index in [4.69, 9.17) is 14.5 Å². The van der Waals surface area contributed by atoms with Gasteiger partial charge in [0.05, 0.1) is 31.5 Å². The molecule has 32 heavy (non-hydrogen) atoms. The Hall–Kier alpha value is -3.86. The van der Waals surface area contributed by atoms with Gasteiger partial charge in [0.1, 0.15) is 24.0 Å². The van der Waals surface area contributed by atoms with Gasteiger partial charge in [0.2, 0.25) is 5.91 Å². The minimum absolute atomic E-state index is 0.0212. The number of fused-ring (bicyclic) bond motifs is 1. The minimum atomic E-state index is -0.0212. The normalized spacial score (nSPS) is 17.1. The van der Waals surface area contributed by atoms with E-state index in [1.807, 2.05) is 40.4 Å². The summed E-state index contributed by atoms with van der Waals surface area (Å²) in [6.07, 6.45) is 6.85. The maximum atomic E-state index is 11.9. The molecule has 0 saturated carbocycles. The van der Waals surface area contributed by atoms with E-state index in [2.05, 4.69) is 28.8 Å². The standard InChI is InChI=1S/C24H27N5O3/c1-4-23(30)28-9-6-18(7-10-28)27-24-21-14-25-15-22(21)26-16-29(24)8-5-17-11-19(31-2)13-20(12-17)32-3/h4,11-15,18,25-26H,1,6-7,9-10,16H2,2-3H3. The lowest BCUT2D eigenvalue weighted by atomic mass is 10.0. The lowest BCUT2D eigenvalue weighted by Gasteiger charge is -2.32. The van der Waals surface area contributed by atoms with Crippen LogP contribution >= 0.6 is 0 Å². The maximum absolute atomic E-state index is 11.9. The molecule has 4 rings (SSSR count). The van der Waals surface area contributed by atoms with Gasteiger partial charge in [-0.25, -0.2) is 0 Å². The highest BCUT2D eigenvalue weighted by molar-refractivity contribution is 6.06. The largest absolute Gasteiger partial charge is 0.497 e. The Labute approximate surface area is 187 Å². The summed E-state index contributed by atoms with van der Waals surface area (Å²) >= 11 is 0. The van der Waals surface area contributed by atoms with Crippen LogP contribution in [0.1, 0.15) is 24.0 Å². The molecule has 1 saturated heterocycles. The highest BCUT2D eigenvalue weighted by atomic mass is 16.5. The second-order valence-electron chi connectivity index (χ2n) is 7.60. The van der Waals surface area contributed by atoms with Crippen LogP contribution in [0.25, 0.3) is 0 Å². The van der Waals surface area contributed by atoms with Gasteiger partial charge in [-0.2, -0.15) is 0 Å². The van der Waals surface area contributed by atoms with Crippen LogP contribution in [0.3, 0.4) is 0 Å². The number of aromatic nitrogens is 1. The molecule has 0 bridgehead atoms. The summed E-state index contributed by atoms with van der Waals surface area (Å²) in [6, 6.07) is 8.92. The van der Waals surface area contributed by atoms with Crippen molar-refractivity contribution < 1.29 is 14.3 Å². The molecule has 1 aromatic carbocycles. The molecule has 0 unspecified atom stereocenters. The van der Waals surface area contributed by atoms with E-state index >= 15 is 0 Å². The predicted octanol–water partition coefficient (Wildman–Crippen LogP) is 2.65. The topological polar surface area (TPSA) is 82.2 Å². The summed E-state index contributed by atoms with van der Waals surface area (Å²) in [5.74, 6) is 5.39. The molecule has 166 valence electrons. The molecule has 3 heterocycles. The Kier molecular flexibility index (Phi) is 6.36. The van der Waals surface area contributed by atoms with Crippen LogP contribution < -0.4 is 14.8 Å². The number of amidine groups is 1. The Morgan fingerprint density at radius 2 is 1.91 bits per heavy atom. The van der Waals surface area contributed by atoms with Gasteiger partial charge in [-0.1, -0.05) is 6.58 Å². The average molecular weight is 434 g/mol. The first-order chi connectivity index (χ1) is 15.6. The monoisotopic (exact) mass is 433 g/mol. The summed E-state index contributed by atoms with van der Waals surface area (Å²) in [4.78, 5) is 23.8. The van der Waals surface area contributed by atoms with Crippen molar-refractivity contribution in [2.75, 3.05) is 39.3 Å². The third-order valence-corrected chi connectivity index (χ3v) is 5.61. The number of amides is 1. The number of hydrogen-bond acceptors (Lipinski definition) is 5. The third kappa shape index (κ3) is 4.57. The highest BCUT2D eigenvalue weighted by Crippen LogP contribution is 2.25. The highest BCUT2D eigenvalue weighted by Gasteiger charge is 2.26. The molecule has 2 N–H and O–H groups in total. The molecule has 0 spiro atoms. The fourth-order valence-electron chi connectivity index (χ4n) is 3.84. The first-order valence-corrected chi connectivity index (χ1v) is 10.5. The quantitative estimate of drug-likeness (QED) is 0.572. The van der Waals surface area contributed by atoms with Crippen molar-refractivity contribution in [2.24, 2.45) is 4.99 Å². The van der Waals surface area contributed by atoms with Crippen molar-refractivity contribution in [1.29, 1.82) is 0 Å². The number of benzene rings is 1. The molecule has 1 fully saturated rings. The van der Waals surface area contributed by atoms with Crippen LogP contribution in [0.5, 0.6) is 11.5 Å². The van der Waals surface area contributed by atoms with Crippen molar-refractivity contribution in [2.45, 2.75) is 18.9 Å². The van der Waals surface area contributed by atoms with Gasteiger partial charge in [0, 0.05) is 43.2 Å². The first-order valence-electron chi connectivity index (χ1n) is 10.5. The van der Waals surface area contributed by atoms with Gasteiger partial charge in [0.15, 0.2) is 0 Å². The summed E-state index contributed by atoms with van der Waals surface area (Å²) in [5.41, 5.74) is 2.78. The van der Waals surface area contributed by atoms with Crippen molar-refractivity contribution >= 4 is 17.4 Å². The maximum Gasteiger partial charge on any atom is 0.245 e. The second kappa shape index (κ2) is 9.52. The van der Waals surface area contributed by atoms with Crippen LogP contribution in [0.2, 0.25) is 0 Å². The van der Waals surface area contributed by atoms with E-state index < -0.39 is 0 Å². The zero-order chi connectivity index (χ0) is 22.5. The SMILES string of the molecule is C=CC(=O)N1CCC(N=C2c3c[nH]cc3NCN2C#Cc2cc(OC)cc(OC)c2)CC1. The smallest absolute Gasteiger partial charge is 0.245 e. The zero-order valence-corrected chi connectivity index (χ0v) is 18.4. The van der Waals surface area contributed by atoms with Crippen LogP contribution in [0.15, 0.2) is 48.2 Å². The lowest BCUT2D eigenvalue weighted by Crippen LogP contribution is -2.41. The number of nitrogens with one attached hydrogen (secondary N) is 2. The fraction of sp³-hybridized carbons (Fsp3) is 0.333. The molecule has 2 aliphatic rings. The van der Waals surface area contributed by atoms with Gasteiger partial charge >= 0.3 is 0 Å². The van der Waals surface area contributed by atoms with Crippen LogP contribution in [0.4, 0.5) is 5.69 Å². The van der Waals surface area contributed by atoms with Gasteiger partial charge in [-0.15, -0.1) is 0 Å². The lowest BCUT2D eigenvalue weighted by molar-refractivity contribution is -0.126. The molecule has 0 aliphatic carbocycles. The van der Waals surface area contributed by atoms with E-state index in [9.17, 15) is 4.79 Å². The number of anilines is 1. The first kappa shape index (κ1) is 21.4. The number of carbonyl (C=O) groups is 1. The van der Waals surface area contributed by atoms with E-state index in [0.717, 1.165) is 35.5 Å². The number of aromatic amines is 1. The number of nitrogens with zero attached hydrogens (tertiary/aromatic N) is 3. The molecular weight excluding hydrogens is 406 g/mol. The molecule has 2 aromatic rings. The molecule has 8 heteroatoms. The predicted molar refractivity (Wildman–Crippen MR) is 124 cm³/mol. The molecular formula is C24H27N5O3. The van der Waals surface area contributed by atoms with Crippen molar-refractivity contribution in [3.05, 3.63) is 54.4 Å². The Bertz CT molecular complexity index is 1060. The van der Waals surface area contributed by atoms with E-state index in [1.54, 1.807) is 14.2 Å². The third-order valence-electron chi connectivity index (χ3n) is 5.61. The summed E-state index contributed by atoms with van der Waals surface area (Å²) < 4.78 is 10.7. The van der Waals surface area contributed by atoms with Gasteiger partial charge in [-0.3, -0.25) is 14.7 Å². The van der Waals surface area contributed by atoms with E-state index in [1.165, 1.54) is 6.08 Å². The fourth-order valence-corrected chi connectivity index (χ4v) is 3.84. The zero-order valence-electron chi connectivity index (χ0n) is 18.4. The second-order valence-corrected chi connectivity index (χ2v) is 7.60. The van der Waals surface area contributed by atoms with Gasteiger partial charge < -0.3 is 24.7 Å². The summed E-state index contributed by atoms with van der Waals surface area (Å²) in [6.45, 7) is 5.46. The molecule has 1 aromatic heterocycles. The van der Waals surface area contributed by atoms with E-state index in [-0.39, 0.29) is 11.9 Å². The van der Waals surface area contributed by atoms with Crippen molar-refractivity contribution in [1.82, 2.24) is 14.8 Å². The Morgan fingerprint density at radius 1 is 1.19 bits per heavy atom. The van der Waals surface area contributed by atoms with E-state index in [0.29, 0.717) is 31.3 Å². The number of piperidine rings is 1. The summed E-state index contributed by atoms with van der Waals surface area (Å²) in [5, 5.41) is 3.37. The number of H-pyrrole nitrogens is 1. The van der Waals surface area contributed by atoms with Crippen molar-refractivity contribution in [3.63, 3.8) is 0 Å². The number of carbonyl (C=O) groups excluding carboxylic acids is 1. The number of hydrogen-bond donors (Lipinski definition) is 2. The Balaban J connectivity index is 1.59. The summed E-state index contributed by atoms with van der Waals surface area (Å²) in [7, 11) is 3.24. The molecule has 0 atom stereocenters. The number of rotatable bonds is 4. The average Bonchev–Trinajstić information content (AvgIpc) is 3.32. The van der Waals surface area contributed by atoms with Crippen LogP contribution in [-0.2, 0) is 4.79 Å². The molecule has 1 amide bonds. The van der Waals surface area contributed by atoms with Crippen molar-refractivity contribution in [3.8, 4) is 23.5 Å². The van der Waals surface area contributed by atoms with Gasteiger partial charge in [-0.05, 0) is 37.0 Å². The van der Waals surface area contributed by atoms with Crippen LogP contribution in [0, 0.1) is 12.0 Å². The number of methoxy groups -OCH3 is 2.